The molecule has 0 unspecified atom stereocenters. The molecule has 112 valence electrons. The fourth-order valence-corrected chi connectivity index (χ4v) is 4.30. The van der Waals surface area contributed by atoms with Crippen molar-refractivity contribution in [3.8, 4) is 0 Å². The lowest BCUT2D eigenvalue weighted by Gasteiger charge is -2.18. The van der Waals surface area contributed by atoms with Crippen LogP contribution in [0.2, 0.25) is 0 Å². The molecule has 1 aromatic rings. The Hall–Kier alpha value is -1.43. The number of hydrogen-bond acceptors (Lipinski definition) is 4. The maximum Gasteiger partial charge on any atom is 0.267 e. The van der Waals surface area contributed by atoms with Gasteiger partial charge in [0.2, 0.25) is 5.91 Å². The molecule has 0 N–H and O–H groups in total. The lowest BCUT2D eigenvalue weighted by molar-refractivity contribution is -0.127. The summed E-state index contributed by atoms with van der Waals surface area (Å²) in [5.74, 6) is 0.529. The molecule has 0 radical (unpaired) electrons. The maximum atomic E-state index is 12.7. The molecule has 6 heteroatoms. The van der Waals surface area contributed by atoms with E-state index < -0.39 is 0 Å². The van der Waals surface area contributed by atoms with Gasteiger partial charge < -0.3 is 9.80 Å². The van der Waals surface area contributed by atoms with Crippen LogP contribution in [-0.4, -0.2) is 45.9 Å². The van der Waals surface area contributed by atoms with E-state index in [2.05, 4.69) is 4.98 Å². The van der Waals surface area contributed by atoms with Crippen molar-refractivity contribution in [2.75, 3.05) is 13.2 Å². The van der Waals surface area contributed by atoms with Gasteiger partial charge in [0, 0.05) is 12.0 Å². The minimum absolute atomic E-state index is 0.00380. The highest BCUT2D eigenvalue weighted by molar-refractivity contribution is 7.11. The van der Waals surface area contributed by atoms with Crippen LogP contribution in [-0.2, 0) is 4.79 Å². The monoisotopic (exact) mass is 305 g/mol. The van der Waals surface area contributed by atoms with Gasteiger partial charge in [0.25, 0.3) is 5.91 Å². The lowest BCUT2D eigenvalue weighted by atomic mass is 10.0. The molecule has 3 fully saturated rings. The Morgan fingerprint density at radius 2 is 2.00 bits per heavy atom. The van der Waals surface area contributed by atoms with E-state index in [-0.39, 0.29) is 18.4 Å². The van der Waals surface area contributed by atoms with Gasteiger partial charge in [0.1, 0.15) is 11.4 Å². The molecule has 1 aromatic heterocycles. The smallest absolute Gasteiger partial charge is 0.267 e. The van der Waals surface area contributed by atoms with Crippen molar-refractivity contribution in [1.82, 2.24) is 14.8 Å². The summed E-state index contributed by atoms with van der Waals surface area (Å²) in [6.45, 7) is 0.696. The van der Waals surface area contributed by atoms with Crippen LogP contribution in [0, 0.1) is 0 Å². The normalized spacial score (nSPS) is 23.3. The average molecular weight is 305 g/mol. The second kappa shape index (κ2) is 5.09. The topological polar surface area (TPSA) is 53.5 Å². The first kappa shape index (κ1) is 13.2. The molecule has 0 spiro atoms. The van der Waals surface area contributed by atoms with Crippen molar-refractivity contribution >= 4 is 23.2 Å². The summed E-state index contributed by atoms with van der Waals surface area (Å²) < 4.78 is 0. The van der Waals surface area contributed by atoms with Crippen molar-refractivity contribution < 1.29 is 9.59 Å². The van der Waals surface area contributed by atoms with E-state index in [9.17, 15) is 9.59 Å². The summed E-state index contributed by atoms with van der Waals surface area (Å²) in [4.78, 5) is 33.5. The van der Waals surface area contributed by atoms with Crippen molar-refractivity contribution in [3.63, 3.8) is 0 Å². The van der Waals surface area contributed by atoms with Crippen LogP contribution in [0.3, 0.4) is 0 Å². The van der Waals surface area contributed by atoms with E-state index in [1.54, 1.807) is 10.4 Å². The van der Waals surface area contributed by atoms with Crippen molar-refractivity contribution in [2.45, 2.75) is 50.5 Å². The third-order valence-electron chi connectivity index (χ3n) is 4.78. The Kier molecular flexibility index (Phi) is 3.21. The number of carbonyl (C=O) groups excluding carboxylic acids is 2. The molecule has 1 saturated heterocycles. The van der Waals surface area contributed by atoms with Crippen molar-refractivity contribution in [3.05, 3.63) is 16.1 Å². The minimum Gasteiger partial charge on any atom is -0.320 e. The zero-order valence-corrected chi connectivity index (χ0v) is 12.8. The summed E-state index contributed by atoms with van der Waals surface area (Å²) in [5, 5.41) is 0. The minimum atomic E-state index is -0.00380. The molecule has 0 aromatic carbocycles. The predicted molar refractivity (Wildman–Crippen MR) is 79.1 cm³/mol. The van der Waals surface area contributed by atoms with Gasteiger partial charge in [-0.05, 0) is 25.7 Å². The molecule has 2 aliphatic carbocycles. The van der Waals surface area contributed by atoms with E-state index in [1.165, 1.54) is 24.2 Å². The summed E-state index contributed by atoms with van der Waals surface area (Å²) in [6, 6.07) is 0.381. The first-order valence-electron chi connectivity index (χ1n) is 7.76. The Balaban J connectivity index is 1.52. The molecule has 0 atom stereocenters. The number of hydrogen-bond donors (Lipinski definition) is 0. The van der Waals surface area contributed by atoms with Crippen LogP contribution in [0.15, 0.2) is 5.51 Å². The number of aromatic nitrogens is 1. The number of nitrogens with zero attached hydrogens (tertiary/aromatic N) is 3. The molecule has 1 aliphatic heterocycles. The number of rotatable bonds is 3. The van der Waals surface area contributed by atoms with Gasteiger partial charge in [-0.3, -0.25) is 9.59 Å². The third-order valence-corrected chi connectivity index (χ3v) is 5.61. The fourth-order valence-electron chi connectivity index (χ4n) is 3.46. The number of amides is 2. The SMILES string of the molecule is O=C(c1scnc1C1CCCC1)N1CC(=O)N(C2CC2)C1. The van der Waals surface area contributed by atoms with E-state index in [1.807, 2.05) is 4.90 Å². The molecule has 4 rings (SSSR count). The maximum absolute atomic E-state index is 12.7. The highest BCUT2D eigenvalue weighted by atomic mass is 32.1. The van der Waals surface area contributed by atoms with Gasteiger partial charge in [0.05, 0.1) is 17.9 Å². The fraction of sp³-hybridized carbons (Fsp3) is 0.667. The summed E-state index contributed by atoms with van der Waals surface area (Å²) >= 11 is 1.43. The largest absolute Gasteiger partial charge is 0.320 e. The first-order chi connectivity index (χ1) is 10.2. The highest BCUT2D eigenvalue weighted by Crippen LogP contribution is 2.37. The molecule has 2 saturated carbocycles. The van der Waals surface area contributed by atoms with Crippen LogP contribution in [0.1, 0.15) is 59.8 Å². The van der Waals surface area contributed by atoms with Crippen molar-refractivity contribution in [1.29, 1.82) is 0 Å². The Morgan fingerprint density at radius 1 is 1.24 bits per heavy atom. The third kappa shape index (κ3) is 2.35. The van der Waals surface area contributed by atoms with Crippen LogP contribution in [0.5, 0.6) is 0 Å². The lowest BCUT2D eigenvalue weighted by Crippen LogP contribution is -2.32. The van der Waals surface area contributed by atoms with E-state index in [4.69, 9.17) is 0 Å². The molecule has 5 nitrogen and oxygen atoms in total. The highest BCUT2D eigenvalue weighted by Gasteiger charge is 2.41. The van der Waals surface area contributed by atoms with Crippen LogP contribution >= 0.6 is 11.3 Å². The molecule has 3 aliphatic rings. The van der Waals surface area contributed by atoms with Gasteiger partial charge >= 0.3 is 0 Å². The molecular weight excluding hydrogens is 286 g/mol. The summed E-state index contributed by atoms with van der Waals surface area (Å²) in [5.41, 5.74) is 2.75. The second-order valence-electron chi connectivity index (χ2n) is 6.29. The molecule has 2 amide bonds. The molecule has 2 heterocycles. The van der Waals surface area contributed by atoms with Gasteiger partial charge in [0.15, 0.2) is 0 Å². The molecule has 21 heavy (non-hydrogen) atoms. The quantitative estimate of drug-likeness (QED) is 0.860. The van der Waals surface area contributed by atoms with Gasteiger partial charge in [-0.25, -0.2) is 4.98 Å². The van der Waals surface area contributed by atoms with Gasteiger partial charge in [-0.2, -0.15) is 0 Å². The Bertz CT molecular complexity index is 575. The number of thiazole rings is 1. The van der Waals surface area contributed by atoms with Crippen LogP contribution in [0.25, 0.3) is 0 Å². The standard InChI is InChI=1S/C15H19N3O2S/c19-12-7-17(9-18(12)11-5-6-11)15(20)14-13(16-8-21-14)10-3-1-2-4-10/h8,10-11H,1-7,9H2. The summed E-state index contributed by atoms with van der Waals surface area (Å²) in [6.07, 6.45) is 6.90. The Morgan fingerprint density at radius 3 is 2.71 bits per heavy atom. The van der Waals surface area contributed by atoms with Gasteiger partial charge in [-0.1, -0.05) is 12.8 Å². The van der Waals surface area contributed by atoms with Crippen molar-refractivity contribution in [2.24, 2.45) is 0 Å². The Labute approximate surface area is 127 Å². The second-order valence-corrected chi connectivity index (χ2v) is 7.14. The van der Waals surface area contributed by atoms with E-state index >= 15 is 0 Å². The molecule has 0 bridgehead atoms. The van der Waals surface area contributed by atoms with E-state index in [0.29, 0.717) is 18.6 Å². The van der Waals surface area contributed by atoms with Crippen LogP contribution < -0.4 is 0 Å². The zero-order chi connectivity index (χ0) is 14.4. The van der Waals surface area contributed by atoms with Gasteiger partial charge in [-0.15, -0.1) is 11.3 Å². The number of carbonyl (C=O) groups is 2. The first-order valence-corrected chi connectivity index (χ1v) is 8.64. The predicted octanol–water partition coefficient (Wildman–Crippen LogP) is 2.21. The molecular formula is C15H19N3O2S. The summed E-state index contributed by atoms with van der Waals surface area (Å²) in [7, 11) is 0. The van der Waals surface area contributed by atoms with E-state index in [0.717, 1.165) is 36.3 Å². The van der Waals surface area contributed by atoms with Crippen LogP contribution in [0.4, 0.5) is 0 Å². The zero-order valence-electron chi connectivity index (χ0n) is 12.0. The average Bonchev–Trinajstić information content (AvgIpc) is 2.94.